The van der Waals surface area contributed by atoms with Crippen LogP contribution in [-0.2, 0) is 22.6 Å². The Hall–Kier alpha value is -2.62. The van der Waals surface area contributed by atoms with Crippen LogP contribution in [0.1, 0.15) is 24.0 Å². The molecule has 26 heavy (non-hydrogen) atoms. The Kier molecular flexibility index (Phi) is 6.05. The summed E-state index contributed by atoms with van der Waals surface area (Å²) in [6.45, 7) is 1.85. The second-order valence-electron chi connectivity index (χ2n) is 7.01. The fourth-order valence-corrected chi connectivity index (χ4v) is 3.52. The summed E-state index contributed by atoms with van der Waals surface area (Å²) in [6, 6.07) is 20.2. The molecule has 136 valence electrons. The van der Waals surface area contributed by atoms with Crippen LogP contribution < -0.4 is 0 Å². The number of nitrogens with zero attached hydrogens (tertiary/aromatic N) is 2. The van der Waals surface area contributed by atoms with E-state index in [1.54, 1.807) is 4.90 Å². The molecule has 0 radical (unpaired) electrons. The smallest absolute Gasteiger partial charge is 0.228 e. The molecule has 4 heteroatoms. The monoisotopic (exact) mass is 350 g/mol. The van der Waals surface area contributed by atoms with Crippen molar-refractivity contribution in [3.05, 3.63) is 71.8 Å². The van der Waals surface area contributed by atoms with Crippen LogP contribution in [0.4, 0.5) is 0 Å². The third kappa shape index (κ3) is 4.72. The third-order valence-corrected chi connectivity index (χ3v) is 4.94. The molecule has 1 unspecified atom stereocenters. The summed E-state index contributed by atoms with van der Waals surface area (Å²) in [5.41, 5.74) is 2.39. The van der Waals surface area contributed by atoms with Crippen LogP contribution >= 0.6 is 0 Å². The Morgan fingerprint density at radius 3 is 2.31 bits per heavy atom. The number of benzene rings is 2. The van der Waals surface area contributed by atoms with Gasteiger partial charge < -0.3 is 9.80 Å². The Morgan fingerprint density at radius 2 is 1.65 bits per heavy atom. The molecule has 0 spiro atoms. The largest absolute Gasteiger partial charge is 0.342 e. The van der Waals surface area contributed by atoms with Crippen LogP contribution in [0.25, 0.3) is 0 Å². The van der Waals surface area contributed by atoms with Gasteiger partial charge in [0.1, 0.15) is 0 Å². The normalized spacial score (nSPS) is 16.7. The summed E-state index contributed by atoms with van der Waals surface area (Å²) in [5.74, 6) is -0.0507. The molecule has 0 aromatic heterocycles. The highest BCUT2D eigenvalue weighted by atomic mass is 16.2. The third-order valence-electron chi connectivity index (χ3n) is 4.94. The molecular weight excluding hydrogens is 324 g/mol. The lowest BCUT2D eigenvalue weighted by Gasteiger charge is -2.21. The Bertz CT molecular complexity index is 730. The average Bonchev–Trinajstić information content (AvgIpc) is 3.03. The van der Waals surface area contributed by atoms with Crippen molar-refractivity contribution in [2.24, 2.45) is 5.92 Å². The highest BCUT2D eigenvalue weighted by Crippen LogP contribution is 2.21. The van der Waals surface area contributed by atoms with E-state index in [2.05, 4.69) is 12.1 Å². The predicted molar refractivity (Wildman–Crippen MR) is 102 cm³/mol. The standard InChI is InChI=1S/C22H26N2O2/c1-23(16-19-11-6-3-7-12-19)22(26)20-15-21(25)24(17-20)14-8-13-18-9-4-2-5-10-18/h2-7,9-12,20H,8,13-17H2,1H3. The summed E-state index contributed by atoms with van der Waals surface area (Å²) in [7, 11) is 1.82. The number of hydrogen-bond acceptors (Lipinski definition) is 2. The molecule has 1 fully saturated rings. The number of aryl methyl sites for hydroxylation is 1. The van der Waals surface area contributed by atoms with Crippen LogP contribution in [0.3, 0.4) is 0 Å². The van der Waals surface area contributed by atoms with E-state index in [0.29, 0.717) is 19.5 Å². The first-order valence-corrected chi connectivity index (χ1v) is 9.24. The van der Waals surface area contributed by atoms with Gasteiger partial charge in [0.05, 0.1) is 5.92 Å². The minimum Gasteiger partial charge on any atom is -0.342 e. The van der Waals surface area contributed by atoms with Crippen LogP contribution in [0, 0.1) is 5.92 Å². The lowest BCUT2D eigenvalue weighted by Crippen LogP contribution is -2.34. The second kappa shape index (κ2) is 8.65. The van der Waals surface area contributed by atoms with Gasteiger partial charge in [0, 0.05) is 33.1 Å². The van der Waals surface area contributed by atoms with Crippen molar-refractivity contribution in [3.8, 4) is 0 Å². The summed E-state index contributed by atoms with van der Waals surface area (Å²) >= 11 is 0. The van der Waals surface area contributed by atoms with Crippen LogP contribution in [0.2, 0.25) is 0 Å². The summed E-state index contributed by atoms with van der Waals surface area (Å²) < 4.78 is 0. The minimum absolute atomic E-state index is 0.0627. The van der Waals surface area contributed by atoms with Gasteiger partial charge in [-0.1, -0.05) is 60.7 Å². The van der Waals surface area contributed by atoms with Gasteiger partial charge in [-0.05, 0) is 24.0 Å². The molecule has 1 heterocycles. The molecule has 2 aromatic carbocycles. The van der Waals surface area contributed by atoms with Gasteiger partial charge >= 0.3 is 0 Å². The second-order valence-corrected chi connectivity index (χ2v) is 7.01. The average molecular weight is 350 g/mol. The molecule has 1 aliphatic heterocycles. The SMILES string of the molecule is CN(Cc1ccccc1)C(=O)C1CC(=O)N(CCCc2ccccc2)C1. The first-order valence-electron chi connectivity index (χ1n) is 9.24. The topological polar surface area (TPSA) is 40.6 Å². The molecule has 2 amide bonds. The molecule has 0 aliphatic carbocycles. The van der Waals surface area contributed by atoms with Gasteiger partial charge in [-0.25, -0.2) is 0 Å². The predicted octanol–water partition coefficient (Wildman–Crippen LogP) is 3.13. The number of amides is 2. The summed E-state index contributed by atoms with van der Waals surface area (Å²) in [5, 5.41) is 0. The van der Waals surface area contributed by atoms with Gasteiger partial charge in [-0.3, -0.25) is 9.59 Å². The lowest BCUT2D eigenvalue weighted by atomic mass is 10.1. The zero-order valence-corrected chi connectivity index (χ0v) is 15.3. The van der Waals surface area contributed by atoms with E-state index in [-0.39, 0.29) is 17.7 Å². The van der Waals surface area contributed by atoms with E-state index >= 15 is 0 Å². The first kappa shape index (κ1) is 18.2. The molecule has 4 nitrogen and oxygen atoms in total. The lowest BCUT2D eigenvalue weighted by molar-refractivity contribution is -0.135. The number of likely N-dealkylation sites (tertiary alicyclic amines) is 1. The summed E-state index contributed by atoms with van der Waals surface area (Å²) in [6.07, 6.45) is 2.22. The van der Waals surface area contributed by atoms with E-state index in [1.807, 2.05) is 60.5 Å². The van der Waals surface area contributed by atoms with Gasteiger partial charge in [-0.15, -0.1) is 0 Å². The van der Waals surface area contributed by atoms with Crippen LogP contribution in [0.5, 0.6) is 0 Å². The fraction of sp³-hybridized carbons (Fsp3) is 0.364. The molecule has 1 aliphatic rings. The number of hydrogen-bond donors (Lipinski definition) is 0. The zero-order valence-electron chi connectivity index (χ0n) is 15.3. The van der Waals surface area contributed by atoms with Crippen LogP contribution in [0.15, 0.2) is 60.7 Å². The quantitative estimate of drug-likeness (QED) is 0.770. The van der Waals surface area contributed by atoms with E-state index in [1.165, 1.54) is 5.56 Å². The van der Waals surface area contributed by atoms with Crippen molar-refractivity contribution >= 4 is 11.8 Å². The van der Waals surface area contributed by atoms with Crippen molar-refractivity contribution < 1.29 is 9.59 Å². The van der Waals surface area contributed by atoms with Gasteiger partial charge in [-0.2, -0.15) is 0 Å². The Labute approximate surface area is 155 Å². The Morgan fingerprint density at radius 1 is 1.04 bits per heavy atom. The molecule has 1 saturated heterocycles. The molecule has 1 atom stereocenters. The molecule has 0 bridgehead atoms. The fourth-order valence-electron chi connectivity index (χ4n) is 3.52. The molecule has 3 rings (SSSR count). The van der Waals surface area contributed by atoms with E-state index in [9.17, 15) is 9.59 Å². The maximum Gasteiger partial charge on any atom is 0.228 e. The number of carbonyl (C=O) groups excluding carboxylic acids is 2. The maximum absolute atomic E-state index is 12.7. The highest BCUT2D eigenvalue weighted by Gasteiger charge is 2.35. The molecule has 0 saturated carbocycles. The van der Waals surface area contributed by atoms with Gasteiger partial charge in [0.2, 0.25) is 11.8 Å². The minimum atomic E-state index is -0.215. The van der Waals surface area contributed by atoms with Gasteiger partial charge in [0.25, 0.3) is 0 Å². The number of rotatable bonds is 7. The van der Waals surface area contributed by atoms with Crippen molar-refractivity contribution in [1.82, 2.24) is 9.80 Å². The Balaban J connectivity index is 1.48. The molecule has 2 aromatic rings. The summed E-state index contributed by atoms with van der Waals surface area (Å²) in [4.78, 5) is 28.5. The number of carbonyl (C=O) groups is 2. The van der Waals surface area contributed by atoms with E-state index in [4.69, 9.17) is 0 Å². The van der Waals surface area contributed by atoms with Crippen molar-refractivity contribution in [2.75, 3.05) is 20.1 Å². The van der Waals surface area contributed by atoms with Crippen molar-refractivity contribution in [3.63, 3.8) is 0 Å². The maximum atomic E-state index is 12.7. The van der Waals surface area contributed by atoms with Crippen molar-refractivity contribution in [1.29, 1.82) is 0 Å². The van der Waals surface area contributed by atoms with Crippen LogP contribution in [-0.4, -0.2) is 41.8 Å². The first-order chi connectivity index (χ1) is 12.6. The zero-order chi connectivity index (χ0) is 18.4. The molecular formula is C22H26N2O2. The van der Waals surface area contributed by atoms with Gasteiger partial charge in [0.15, 0.2) is 0 Å². The van der Waals surface area contributed by atoms with E-state index in [0.717, 1.165) is 24.9 Å². The highest BCUT2D eigenvalue weighted by molar-refractivity contribution is 5.89. The molecule has 0 N–H and O–H groups in total. The van der Waals surface area contributed by atoms with E-state index < -0.39 is 0 Å². The van der Waals surface area contributed by atoms with Crippen molar-refractivity contribution in [2.45, 2.75) is 25.8 Å².